The lowest BCUT2D eigenvalue weighted by molar-refractivity contribution is -0.118. The fourth-order valence-electron chi connectivity index (χ4n) is 2.96. The zero-order chi connectivity index (χ0) is 23.3. The SMILES string of the molecule is CNC(=O)c1ccccc1NC(=O)COc1ccc(NC(=O)c2c(Cl)c(C)nn2C)cc1. The van der Waals surface area contributed by atoms with Crippen LogP contribution in [0.2, 0.25) is 5.02 Å². The molecule has 1 heterocycles. The number of carbonyl (C=O) groups excluding carboxylic acids is 3. The number of ether oxygens (including phenoxy) is 1. The molecule has 10 heteroatoms. The van der Waals surface area contributed by atoms with Crippen molar-refractivity contribution in [1.82, 2.24) is 15.1 Å². The van der Waals surface area contributed by atoms with Gasteiger partial charge in [-0.25, -0.2) is 0 Å². The summed E-state index contributed by atoms with van der Waals surface area (Å²) in [5, 5.41) is 12.4. The molecule has 0 aliphatic rings. The van der Waals surface area contributed by atoms with Crippen LogP contribution in [0.15, 0.2) is 48.5 Å². The number of anilines is 2. The number of amides is 3. The number of carbonyl (C=O) groups is 3. The molecule has 0 atom stereocenters. The van der Waals surface area contributed by atoms with Crippen LogP contribution in [0.1, 0.15) is 26.5 Å². The van der Waals surface area contributed by atoms with Crippen molar-refractivity contribution in [3.63, 3.8) is 0 Å². The summed E-state index contributed by atoms with van der Waals surface area (Å²) < 4.78 is 6.91. The van der Waals surface area contributed by atoms with Gasteiger partial charge in [-0.1, -0.05) is 23.7 Å². The lowest BCUT2D eigenvalue weighted by Crippen LogP contribution is -2.24. The molecule has 9 nitrogen and oxygen atoms in total. The first-order chi connectivity index (χ1) is 15.3. The molecule has 0 fully saturated rings. The van der Waals surface area contributed by atoms with E-state index in [2.05, 4.69) is 21.0 Å². The Labute approximate surface area is 189 Å². The van der Waals surface area contributed by atoms with Crippen molar-refractivity contribution in [3.8, 4) is 5.75 Å². The Morgan fingerprint density at radius 3 is 2.34 bits per heavy atom. The van der Waals surface area contributed by atoms with Crippen LogP contribution >= 0.6 is 11.6 Å². The molecule has 3 N–H and O–H groups in total. The van der Waals surface area contributed by atoms with Crippen molar-refractivity contribution in [2.45, 2.75) is 6.92 Å². The van der Waals surface area contributed by atoms with Gasteiger partial charge in [0.05, 0.1) is 22.0 Å². The molecule has 1 aromatic heterocycles. The Bertz CT molecular complexity index is 1160. The van der Waals surface area contributed by atoms with Crippen LogP contribution in [0.5, 0.6) is 5.75 Å². The number of nitrogens with one attached hydrogen (secondary N) is 3. The summed E-state index contributed by atoms with van der Waals surface area (Å²) in [6.07, 6.45) is 0. The third-order valence-corrected chi connectivity index (χ3v) is 4.97. The van der Waals surface area contributed by atoms with Gasteiger partial charge in [-0.15, -0.1) is 0 Å². The van der Waals surface area contributed by atoms with Gasteiger partial charge in [0.15, 0.2) is 6.61 Å². The van der Waals surface area contributed by atoms with Crippen molar-refractivity contribution < 1.29 is 19.1 Å². The van der Waals surface area contributed by atoms with Crippen LogP contribution in [-0.4, -0.2) is 41.2 Å². The summed E-state index contributed by atoms with van der Waals surface area (Å²) in [7, 11) is 3.16. The van der Waals surface area contributed by atoms with Crippen LogP contribution in [0.4, 0.5) is 11.4 Å². The first-order valence-corrected chi connectivity index (χ1v) is 10.0. The molecule has 0 unspecified atom stereocenters. The Morgan fingerprint density at radius 2 is 1.72 bits per heavy atom. The summed E-state index contributed by atoms with van der Waals surface area (Å²) in [6.45, 7) is 1.47. The molecule has 0 bridgehead atoms. The lowest BCUT2D eigenvalue weighted by Gasteiger charge is -2.11. The van der Waals surface area contributed by atoms with E-state index >= 15 is 0 Å². The van der Waals surface area contributed by atoms with Gasteiger partial charge in [-0.2, -0.15) is 5.10 Å². The summed E-state index contributed by atoms with van der Waals surface area (Å²) >= 11 is 6.14. The van der Waals surface area contributed by atoms with E-state index in [1.807, 2.05) is 0 Å². The highest BCUT2D eigenvalue weighted by Crippen LogP contribution is 2.22. The summed E-state index contributed by atoms with van der Waals surface area (Å²) in [5.74, 6) is -0.671. The van der Waals surface area contributed by atoms with E-state index in [1.165, 1.54) is 11.7 Å². The highest BCUT2D eigenvalue weighted by Gasteiger charge is 2.19. The minimum atomic E-state index is -0.417. The van der Waals surface area contributed by atoms with Crippen LogP contribution < -0.4 is 20.7 Å². The third kappa shape index (κ3) is 5.25. The molecule has 0 spiro atoms. The highest BCUT2D eigenvalue weighted by molar-refractivity contribution is 6.34. The number of hydrogen-bond acceptors (Lipinski definition) is 5. The number of halogens is 1. The second-order valence-electron chi connectivity index (χ2n) is 6.81. The van der Waals surface area contributed by atoms with Crippen LogP contribution in [0.25, 0.3) is 0 Å². The van der Waals surface area contributed by atoms with Crippen LogP contribution in [0.3, 0.4) is 0 Å². The van der Waals surface area contributed by atoms with Crippen molar-refractivity contribution in [2.24, 2.45) is 7.05 Å². The number of para-hydroxylation sites is 1. The lowest BCUT2D eigenvalue weighted by atomic mass is 10.1. The molecule has 3 amide bonds. The van der Waals surface area contributed by atoms with E-state index in [1.54, 1.807) is 62.5 Å². The molecule has 0 aliphatic carbocycles. The van der Waals surface area contributed by atoms with Gasteiger partial charge in [-0.3, -0.25) is 19.1 Å². The second kappa shape index (κ2) is 9.97. The monoisotopic (exact) mass is 455 g/mol. The van der Waals surface area contributed by atoms with Gasteiger partial charge >= 0.3 is 0 Å². The molecule has 32 heavy (non-hydrogen) atoms. The summed E-state index contributed by atoms with van der Waals surface area (Å²) in [4.78, 5) is 36.6. The van der Waals surface area contributed by atoms with Crippen molar-refractivity contribution in [3.05, 3.63) is 70.5 Å². The minimum absolute atomic E-state index is 0.252. The van der Waals surface area contributed by atoms with E-state index < -0.39 is 5.91 Å². The maximum atomic E-state index is 12.5. The largest absolute Gasteiger partial charge is 0.484 e. The maximum Gasteiger partial charge on any atom is 0.275 e. The molecule has 2 aromatic carbocycles. The number of aromatic nitrogens is 2. The molecule has 0 radical (unpaired) electrons. The maximum absolute atomic E-state index is 12.5. The molecule has 0 saturated heterocycles. The summed E-state index contributed by atoms with van der Waals surface area (Å²) in [6, 6.07) is 13.2. The number of benzene rings is 2. The molecular formula is C22H22ClN5O4. The normalized spacial score (nSPS) is 10.4. The number of nitrogens with zero attached hydrogens (tertiary/aromatic N) is 2. The predicted octanol–water partition coefficient (Wildman–Crippen LogP) is 3.01. The van der Waals surface area contributed by atoms with E-state index in [4.69, 9.17) is 16.3 Å². The Hall–Kier alpha value is -3.85. The number of hydrogen-bond donors (Lipinski definition) is 3. The van der Waals surface area contributed by atoms with Gasteiger partial charge in [0.25, 0.3) is 17.7 Å². The van der Waals surface area contributed by atoms with Gasteiger partial charge in [0.2, 0.25) is 0 Å². The molecule has 166 valence electrons. The van der Waals surface area contributed by atoms with Crippen LogP contribution in [-0.2, 0) is 11.8 Å². The van der Waals surface area contributed by atoms with Crippen LogP contribution in [0, 0.1) is 6.92 Å². The van der Waals surface area contributed by atoms with E-state index in [0.717, 1.165) is 0 Å². The Kier molecular flexibility index (Phi) is 7.11. The van der Waals surface area contributed by atoms with Gasteiger partial charge < -0.3 is 20.7 Å². The van der Waals surface area contributed by atoms with Gasteiger partial charge in [0.1, 0.15) is 11.4 Å². The molecule has 3 aromatic rings. The Balaban J connectivity index is 1.57. The predicted molar refractivity (Wildman–Crippen MR) is 121 cm³/mol. The average Bonchev–Trinajstić information content (AvgIpc) is 3.04. The van der Waals surface area contributed by atoms with Crippen molar-refractivity contribution in [2.75, 3.05) is 24.3 Å². The second-order valence-corrected chi connectivity index (χ2v) is 7.19. The highest BCUT2D eigenvalue weighted by atomic mass is 35.5. The standard InChI is InChI=1S/C22H22ClN5O4/c1-13-19(23)20(28(3)27-13)22(31)25-14-8-10-15(11-9-14)32-12-18(29)26-17-7-5-4-6-16(17)21(30)24-2/h4-11H,12H2,1-3H3,(H,24,30)(H,25,31)(H,26,29). The average molecular weight is 456 g/mol. The molecule has 3 rings (SSSR count). The fraction of sp³-hybridized carbons (Fsp3) is 0.182. The first-order valence-electron chi connectivity index (χ1n) is 9.64. The quantitative estimate of drug-likeness (QED) is 0.506. The zero-order valence-corrected chi connectivity index (χ0v) is 18.5. The zero-order valence-electron chi connectivity index (χ0n) is 17.7. The molecule has 0 aliphatic heterocycles. The van der Waals surface area contributed by atoms with Gasteiger partial charge in [0, 0.05) is 19.8 Å². The first kappa shape index (κ1) is 22.8. The third-order valence-electron chi connectivity index (χ3n) is 4.52. The van der Waals surface area contributed by atoms with Crippen molar-refractivity contribution >= 4 is 40.7 Å². The topological polar surface area (TPSA) is 114 Å². The summed E-state index contributed by atoms with van der Waals surface area (Å²) in [5.41, 5.74) is 2.11. The van der Waals surface area contributed by atoms with Crippen molar-refractivity contribution in [1.29, 1.82) is 0 Å². The fourth-order valence-corrected chi connectivity index (χ4v) is 3.21. The Morgan fingerprint density at radius 1 is 1.03 bits per heavy atom. The van der Waals surface area contributed by atoms with Gasteiger partial charge in [-0.05, 0) is 43.3 Å². The molecular weight excluding hydrogens is 434 g/mol. The molecule has 0 saturated carbocycles. The van der Waals surface area contributed by atoms with E-state index in [0.29, 0.717) is 33.4 Å². The smallest absolute Gasteiger partial charge is 0.275 e. The number of rotatable bonds is 7. The van der Waals surface area contributed by atoms with E-state index in [-0.39, 0.29) is 24.1 Å². The van der Waals surface area contributed by atoms with E-state index in [9.17, 15) is 14.4 Å². The minimum Gasteiger partial charge on any atom is -0.484 e. The number of aryl methyl sites for hydroxylation is 2.